The van der Waals surface area contributed by atoms with E-state index in [9.17, 15) is 8.78 Å². The largest absolute Gasteiger partial charge is 0.255 e. The molecule has 0 saturated carbocycles. The highest BCUT2D eigenvalue weighted by Gasteiger charge is 2.08. The lowest BCUT2D eigenvalue weighted by Crippen LogP contribution is -1.97. The van der Waals surface area contributed by atoms with E-state index < -0.39 is 11.6 Å². The molecule has 11 heavy (non-hydrogen) atoms. The van der Waals surface area contributed by atoms with Gasteiger partial charge in [-0.2, -0.15) is 0 Å². The van der Waals surface area contributed by atoms with Crippen molar-refractivity contribution in [3.63, 3.8) is 0 Å². The van der Waals surface area contributed by atoms with E-state index in [1.807, 2.05) is 13.8 Å². The Kier molecular flexibility index (Phi) is 2.17. The van der Waals surface area contributed by atoms with Crippen LogP contribution in [-0.4, -0.2) is 4.98 Å². The Morgan fingerprint density at radius 3 is 2.45 bits per heavy atom. The van der Waals surface area contributed by atoms with E-state index >= 15 is 0 Å². The van der Waals surface area contributed by atoms with Crippen molar-refractivity contribution in [3.05, 3.63) is 29.6 Å². The second-order valence-electron chi connectivity index (χ2n) is 2.68. The third kappa shape index (κ3) is 1.73. The van der Waals surface area contributed by atoms with Gasteiger partial charge in [-0.25, -0.2) is 8.78 Å². The van der Waals surface area contributed by atoms with Crippen LogP contribution in [0, 0.1) is 11.6 Å². The number of rotatable bonds is 1. The van der Waals surface area contributed by atoms with Crippen LogP contribution in [0.3, 0.4) is 0 Å². The summed E-state index contributed by atoms with van der Waals surface area (Å²) in [4.78, 5) is 3.63. The maximum Gasteiger partial charge on any atom is 0.147 e. The Bertz CT molecular complexity index is 258. The second-order valence-corrected chi connectivity index (χ2v) is 2.68. The predicted molar refractivity (Wildman–Crippen MR) is 38.2 cm³/mol. The van der Waals surface area contributed by atoms with E-state index in [2.05, 4.69) is 4.98 Å². The fourth-order valence-corrected chi connectivity index (χ4v) is 0.850. The van der Waals surface area contributed by atoms with Gasteiger partial charge in [0.2, 0.25) is 0 Å². The van der Waals surface area contributed by atoms with Crippen LogP contribution < -0.4 is 0 Å². The van der Waals surface area contributed by atoms with Crippen molar-refractivity contribution in [2.45, 2.75) is 19.8 Å². The van der Waals surface area contributed by atoms with Gasteiger partial charge in [-0.05, 0) is 5.92 Å². The normalized spacial score (nSPS) is 10.6. The van der Waals surface area contributed by atoms with Gasteiger partial charge in [0.15, 0.2) is 0 Å². The molecule has 0 spiro atoms. The number of hydrogen-bond acceptors (Lipinski definition) is 1. The average Bonchev–Trinajstić information content (AvgIpc) is 1.85. The zero-order valence-electron chi connectivity index (χ0n) is 6.44. The van der Waals surface area contributed by atoms with Crippen LogP contribution in [0.1, 0.15) is 25.5 Å². The first kappa shape index (κ1) is 8.11. The number of hydrogen-bond donors (Lipinski definition) is 0. The first-order valence-corrected chi connectivity index (χ1v) is 3.42. The molecule has 60 valence electrons. The second kappa shape index (κ2) is 2.95. The molecule has 0 amide bonds. The third-order valence-electron chi connectivity index (χ3n) is 1.38. The molecule has 0 aromatic carbocycles. The van der Waals surface area contributed by atoms with E-state index in [0.29, 0.717) is 5.69 Å². The summed E-state index contributed by atoms with van der Waals surface area (Å²) in [5.41, 5.74) is 0.311. The molecule has 0 aliphatic carbocycles. The van der Waals surface area contributed by atoms with Gasteiger partial charge >= 0.3 is 0 Å². The molecule has 1 nitrogen and oxygen atoms in total. The number of pyridine rings is 1. The van der Waals surface area contributed by atoms with Crippen molar-refractivity contribution in [2.24, 2.45) is 0 Å². The minimum Gasteiger partial charge on any atom is -0.255 e. The van der Waals surface area contributed by atoms with Crippen molar-refractivity contribution < 1.29 is 8.78 Å². The molecule has 0 aliphatic rings. The number of halogens is 2. The van der Waals surface area contributed by atoms with Crippen molar-refractivity contribution >= 4 is 0 Å². The van der Waals surface area contributed by atoms with Crippen LogP contribution in [0.2, 0.25) is 0 Å². The molecule has 3 heteroatoms. The Labute approximate surface area is 64.1 Å². The van der Waals surface area contributed by atoms with E-state index in [0.717, 1.165) is 12.3 Å². The van der Waals surface area contributed by atoms with Crippen molar-refractivity contribution in [1.29, 1.82) is 0 Å². The van der Waals surface area contributed by atoms with Crippen molar-refractivity contribution in [1.82, 2.24) is 4.98 Å². The van der Waals surface area contributed by atoms with Gasteiger partial charge < -0.3 is 0 Å². The zero-order chi connectivity index (χ0) is 8.43. The van der Waals surface area contributed by atoms with Gasteiger partial charge in [-0.15, -0.1) is 0 Å². The summed E-state index contributed by atoms with van der Waals surface area (Å²) in [5.74, 6) is -1.21. The Morgan fingerprint density at radius 2 is 2.00 bits per heavy atom. The number of aromatic nitrogens is 1. The predicted octanol–water partition coefficient (Wildman–Crippen LogP) is 2.48. The summed E-state index contributed by atoms with van der Waals surface area (Å²) in [6, 6.07) is 0.850. The third-order valence-corrected chi connectivity index (χ3v) is 1.38. The van der Waals surface area contributed by atoms with Crippen LogP contribution >= 0.6 is 0 Å². The molecule has 1 aromatic heterocycles. The Morgan fingerprint density at radius 1 is 1.36 bits per heavy atom. The summed E-state index contributed by atoms with van der Waals surface area (Å²) in [6.45, 7) is 3.62. The molecule has 1 heterocycles. The van der Waals surface area contributed by atoms with Crippen LogP contribution in [-0.2, 0) is 0 Å². The SMILES string of the molecule is CC(C)c1ncc(F)cc1F. The van der Waals surface area contributed by atoms with Crippen molar-refractivity contribution in [2.75, 3.05) is 0 Å². The lowest BCUT2D eigenvalue weighted by molar-refractivity contribution is 0.548. The summed E-state index contributed by atoms with van der Waals surface area (Å²) in [5, 5.41) is 0. The molecule has 1 rings (SSSR count). The molecule has 0 N–H and O–H groups in total. The fraction of sp³-hybridized carbons (Fsp3) is 0.375. The van der Waals surface area contributed by atoms with E-state index in [1.54, 1.807) is 0 Å². The quantitative estimate of drug-likeness (QED) is 0.610. The van der Waals surface area contributed by atoms with Gasteiger partial charge in [0.25, 0.3) is 0 Å². The molecule has 0 aliphatic heterocycles. The number of nitrogens with zero attached hydrogens (tertiary/aromatic N) is 1. The smallest absolute Gasteiger partial charge is 0.147 e. The molecule has 0 radical (unpaired) electrons. The molecule has 1 aromatic rings. The maximum atomic E-state index is 12.8. The highest BCUT2D eigenvalue weighted by atomic mass is 19.1. The summed E-state index contributed by atoms with van der Waals surface area (Å²) >= 11 is 0. The highest BCUT2D eigenvalue weighted by molar-refractivity contribution is 5.11. The fourth-order valence-electron chi connectivity index (χ4n) is 0.850. The van der Waals surface area contributed by atoms with Crippen molar-refractivity contribution in [3.8, 4) is 0 Å². The molecule has 0 saturated heterocycles. The lowest BCUT2D eigenvalue weighted by atomic mass is 10.1. The van der Waals surface area contributed by atoms with Crippen LogP contribution in [0.25, 0.3) is 0 Å². The first-order valence-electron chi connectivity index (χ1n) is 3.42. The topological polar surface area (TPSA) is 12.9 Å². The lowest BCUT2D eigenvalue weighted by Gasteiger charge is -2.03. The summed E-state index contributed by atoms with van der Waals surface area (Å²) in [7, 11) is 0. The molecule has 0 unspecified atom stereocenters. The summed E-state index contributed by atoms with van der Waals surface area (Å²) in [6.07, 6.45) is 1.03. The highest BCUT2D eigenvalue weighted by Crippen LogP contribution is 2.15. The molecular weight excluding hydrogens is 148 g/mol. The molecular formula is C8H9F2N. The summed E-state index contributed by atoms with van der Waals surface area (Å²) < 4.78 is 25.1. The molecule has 0 atom stereocenters. The van der Waals surface area contributed by atoms with Gasteiger partial charge in [-0.3, -0.25) is 4.98 Å². The molecule has 0 fully saturated rings. The monoisotopic (exact) mass is 157 g/mol. The van der Waals surface area contributed by atoms with Gasteiger partial charge in [-0.1, -0.05) is 13.8 Å². The first-order chi connectivity index (χ1) is 5.11. The zero-order valence-corrected chi connectivity index (χ0v) is 6.44. The maximum absolute atomic E-state index is 12.8. The van der Waals surface area contributed by atoms with E-state index in [1.165, 1.54) is 0 Å². The van der Waals surface area contributed by atoms with E-state index in [4.69, 9.17) is 0 Å². The van der Waals surface area contributed by atoms with Gasteiger partial charge in [0, 0.05) is 6.07 Å². The van der Waals surface area contributed by atoms with E-state index in [-0.39, 0.29) is 5.92 Å². The minimum absolute atomic E-state index is 0.00407. The van der Waals surface area contributed by atoms with Crippen LogP contribution in [0.4, 0.5) is 8.78 Å². The molecule has 0 bridgehead atoms. The van der Waals surface area contributed by atoms with Crippen LogP contribution in [0.5, 0.6) is 0 Å². The minimum atomic E-state index is -0.632. The van der Waals surface area contributed by atoms with Gasteiger partial charge in [0.05, 0.1) is 11.9 Å². The Hall–Kier alpha value is -0.990. The Balaban J connectivity index is 3.09. The average molecular weight is 157 g/mol. The van der Waals surface area contributed by atoms with Crippen LogP contribution in [0.15, 0.2) is 12.3 Å². The standard InChI is InChI=1S/C8H9F2N/c1-5(2)8-7(10)3-6(9)4-11-8/h3-5H,1-2H3. The van der Waals surface area contributed by atoms with Gasteiger partial charge in [0.1, 0.15) is 11.6 Å².